The molecule has 0 aliphatic heterocycles. The number of nitrogens with zero attached hydrogens (tertiary/aromatic N) is 1. The van der Waals surface area contributed by atoms with Crippen LogP contribution in [0.5, 0.6) is 5.06 Å². The minimum absolute atomic E-state index is 0.0973. The molecular weight excluding hydrogens is 383 g/mol. The van der Waals surface area contributed by atoms with Crippen molar-refractivity contribution in [2.24, 2.45) is 0 Å². The van der Waals surface area contributed by atoms with Crippen LogP contribution < -0.4 is 14.8 Å². The van der Waals surface area contributed by atoms with Crippen molar-refractivity contribution in [2.75, 3.05) is 6.61 Å². The Bertz CT molecular complexity index is 794. The number of nitrogens with one attached hydrogen (secondary N) is 2. The van der Waals surface area contributed by atoms with Gasteiger partial charge in [-0.1, -0.05) is 11.3 Å². The average molecular weight is 397 g/mol. The Balaban J connectivity index is 1.97. The van der Waals surface area contributed by atoms with E-state index < -0.39 is 34.1 Å². The molecule has 1 aromatic heterocycles. The molecule has 25 heavy (non-hydrogen) atoms. The Morgan fingerprint density at radius 2 is 2.16 bits per heavy atom. The first-order valence-corrected chi connectivity index (χ1v) is 9.39. The monoisotopic (exact) mass is 397 g/mol. The molecule has 2 N–H and O–H groups in total. The summed E-state index contributed by atoms with van der Waals surface area (Å²) in [7, 11) is -5.47. The predicted octanol–water partition coefficient (Wildman–Crippen LogP) is 1.72. The molecule has 12 heteroatoms. The number of halogens is 3. The molecule has 1 aliphatic carbocycles. The molecule has 0 aromatic carbocycles. The fraction of sp³-hybridized carbons (Fsp3) is 0.538. The van der Waals surface area contributed by atoms with Crippen LogP contribution in [0.15, 0.2) is 6.07 Å². The van der Waals surface area contributed by atoms with Crippen molar-refractivity contribution in [3.05, 3.63) is 16.5 Å². The predicted molar refractivity (Wildman–Crippen MR) is 82.6 cm³/mol. The van der Waals surface area contributed by atoms with Crippen LogP contribution in [0.2, 0.25) is 0 Å². The molecule has 1 amide bonds. The van der Waals surface area contributed by atoms with Crippen molar-refractivity contribution >= 4 is 27.3 Å². The second-order valence-corrected chi connectivity index (χ2v) is 8.17. The highest BCUT2D eigenvalue weighted by molar-refractivity contribution is 7.90. The van der Waals surface area contributed by atoms with Crippen molar-refractivity contribution in [2.45, 2.75) is 37.4 Å². The minimum atomic E-state index is -5.47. The molecule has 1 fully saturated rings. The van der Waals surface area contributed by atoms with E-state index in [1.165, 1.54) is 17.7 Å². The van der Waals surface area contributed by atoms with Gasteiger partial charge < -0.3 is 10.1 Å². The van der Waals surface area contributed by atoms with E-state index >= 15 is 0 Å². The summed E-state index contributed by atoms with van der Waals surface area (Å²) in [6.07, 6.45) is 1.75. The number of sulfonamides is 1. The van der Waals surface area contributed by atoms with Crippen molar-refractivity contribution in [1.82, 2.24) is 10.0 Å². The van der Waals surface area contributed by atoms with Gasteiger partial charge in [0.2, 0.25) is 0 Å². The van der Waals surface area contributed by atoms with E-state index in [4.69, 9.17) is 10.00 Å². The van der Waals surface area contributed by atoms with Crippen molar-refractivity contribution in [1.29, 1.82) is 5.26 Å². The van der Waals surface area contributed by atoms with Gasteiger partial charge in [-0.25, -0.2) is 13.1 Å². The van der Waals surface area contributed by atoms with Gasteiger partial charge in [0.15, 0.2) is 5.06 Å². The van der Waals surface area contributed by atoms with Gasteiger partial charge in [0, 0.05) is 12.1 Å². The van der Waals surface area contributed by atoms with E-state index in [-0.39, 0.29) is 21.5 Å². The van der Waals surface area contributed by atoms with Crippen molar-refractivity contribution in [3.63, 3.8) is 0 Å². The number of ether oxygens (including phenoxy) is 1. The Hall–Kier alpha value is -1.84. The number of hydrogen-bond acceptors (Lipinski definition) is 6. The molecule has 1 aromatic rings. The zero-order chi connectivity index (χ0) is 18.8. The van der Waals surface area contributed by atoms with Crippen molar-refractivity contribution in [3.8, 4) is 11.1 Å². The van der Waals surface area contributed by atoms with Crippen LogP contribution in [-0.2, 0) is 10.0 Å². The first-order valence-electron chi connectivity index (χ1n) is 7.09. The molecule has 1 aliphatic rings. The molecule has 1 saturated carbocycles. The van der Waals surface area contributed by atoms with Crippen molar-refractivity contribution < 1.29 is 31.1 Å². The molecule has 138 valence electrons. The van der Waals surface area contributed by atoms with Crippen LogP contribution in [0.4, 0.5) is 13.2 Å². The molecule has 2 rings (SSSR count). The summed E-state index contributed by atoms with van der Waals surface area (Å²) < 4.78 is 65.5. The maximum atomic E-state index is 12.3. The zero-order valence-corrected chi connectivity index (χ0v) is 14.5. The molecule has 0 radical (unpaired) electrons. The lowest BCUT2D eigenvalue weighted by molar-refractivity contribution is -0.0451. The van der Waals surface area contributed by atoms with Gasteiger partial charge in [-0.3, -0.25) is 4.79 Å². The molecule has 0 spiro atoms. The van der Waals surface area contributed by atoms with E-state index in [9.17, 15) is 26.4 Å². The van der Waals surface area contributed by atoms with Crippen LogP contribution >= 0.6 is 11.3 Å². The minimum Gasteiger partial charge on any atom is -0.482 e. The summed E-state index contributed by atoms with van der Waals surface area (Å²) in [5, 5.41) is 11.9. The highest BCUT2D eigenvalue weighted by atomic mass is 32.2. The lowest BCUT2D eigenvalue weighted by Gasteiger charge is -2.15. The molecule has 7 nitrogen and oxygen atoms in total. The van der Waals surface area contributed by atoms with E-state index in [1.807, 2.05) is 6.07 Å². The lowest BCUT2D eigenvalue weighted by atomic mass is 10.2. The fourth-order valence-electron chi connectivity index (χ4n) is 1.75. The topological polar surface area (TPSA) is 108 Å². The van der Waals surface area contributed by atoms with Gasteiger partial charge >= 0.3 is 15.5 Å². The SMILES string of the molecule is C[C@@H](COc1cc(C(=O)NC2CC2)c(C#N)s1)NS(=O)(=O)C(F)(F)F. The number of carbonyl (C=O) groups is 1. The third-order valence-corrected chi connectivity index (χ3v) is 5.38. The summed E-state index contributed by atoms with van der Waals surface area (Å²) in [4.78, 5) is 12.1. The summed E-state index contributed by atoms with van der Waals surface area (Å²) in [5.41, 5.74) is -5.29. The van der Waals surface area contributed by atoms with Gasteiger partial charge in [-0.05, 0) is 19.8 Å². The van der Waals surface area contributed by atoms with E-state index in [0.717, 1.165) is 24.2 Å². The normalized spacial score (nSPS) is 16.1. The second kappa shape index (κ2) is 7.19. The third-order valence-electron chi connectivity index (χ3n) is 3.10. The molecule has 0 saturated heterocycles. The third kappa shape index (κ3) is 5.07. The van der Waals surface area contributed by atoms with Crippen LogP contribution in [0.25, 0.3) is 0 Å². The molecular formula is C13H14F3N3O4S2. The fourth-order valence-corrected chi connectivity index (χ4v) is 3.30. The summed E-state index contributed by atoms with van der Waals surface area (Å²) in [5.74, 6) is -0.420. The van der Waals surface area contributed by atoms with Gasteiger partial charge in [-0.15, -0.1) is 0 Å². The highest BCUT2D eigenvalue weighted by Gasteiger charge is 2.46. The highest BCUT2D eigenvalue weighted by Crippen LogP contribution is 2.30. The Labute approximate surface area is 145 Å². The quantitative estimate of drug-likeness (QED) is 0.728. The average Bonchev–Trinajstić information content (AvgIpc) is 3.20. The molecule has 1 heterocycles. The zero-order valence-electron chi connectivity index (χ0n) is 12.9. The number of thiophene rings is 1. The first kappa shape index (κ1) is 19.5. The largest absolute Gasteiger partial charge is 0.511 e. The van der Waals surface area contributed by atoms with Gasteiger partial charge in [-0.2, -0.15) is 18.4 Å². The summed E-state index contributed by atoms with van der Waals surface area (Å²) in [6.45, 7) is 0.799. The number of carbonyl (C=O) groups excluding carboxylic acids is 1. The van der Waals surface area contributed by atoms with Gasteiger partial charge in [0.25, 0.3) is 5.91 Å². The number of nitriles is 1. The molecule has 0 unspecified atom stereocenters. The van der Waals surface area contributed by atoms with E-state index in [1.54, 1.807) is 0 Å². The summed E-state index contributed by atoms with van der Waals surface area (Å²) in [6, 6.07) is 2.10. The van der Waals surface area contributed by atoms with E-state index in [0.29, 0.717) is 0 Å². The first-order chi connectivity index (χ1) is 11.5. The molecule has 0 bridgehead atoms. The van der Waals surface area contributed by atoms with Crippen LogP contribution in [0.3, 0.4) is 0 Å². The smallest absolute Gasteiger partial charge is 0.482 e. The lowest BCUT2D eigenvalue weighted by Crippen LogP contribution is -2.43. The Morgan fingerprint density at radius 3 is 2.68 bits per heavy atom. The standard InChI is InChI=1S/C13H14F3N3O4S2/c1-7(19-25(21,22)13(14,15)16)6-23-11-4-9(10(5-17)24-11)12(20)18-8-2-3-8/h4,7-8,19H,2-3,6H2,1H3,(H,18,20)/t7-/m0/s1. The van der Waals surface area contributed by atoms with Gasteiger partial charge in [0.05, 0.1) is 11.6 Å². The van der Waals surface area contributed by atoms with Crippen LogP contribution in [0, 0.1) is 11.3 Å². The number of rotatable bonds is 7. The summed E-state index contributed by atoms with van der Waals surface area (Å²) >= 11 is 0.857. The number of amides is 1. The maximum Gasteiger partial charge on any atom is 0.511 e. The maximum absolute atomic E-state index is 12.3. The van der Waals surface area contributed by atoms with Crippen LogP contribution in [-0.4, -0.2) is 38.5 Å². The van der Waals surface area contributed by atoms with Crippen LogP contribution in [0.1, 0.15) is 35.0 Å². The van der Waals surface area contributed by atoms with Gasteiger partial charge in [0.1, 0.15) is 17.6 Å². The molecule has 1 atom stereocenters. The Morgan fingerprint density at radius 1 is 1.52 bits per heavy atom. The number of hydrogen-bond donors (Lipinski definition) is 2. The van der Waals surface area contributed by atoms with E-state index in [2.05, 4.69) is 5.32 Å². The Kier molecular flexibility index (Phi) is 5.60. The second-order valence-electron chi connectivity index (χ2n) is 5.45. The number of alkyl halides is 3.